The van der Waals surface area contributed by atoms with Crippen molar-refractivity contribution in [3.63, 3.8) is 0 Å². The van der Waals surface area contributed by atoms with E-state index in [2.05, 4.69) is 20.5 Å². The SMILES string of the molecule is Nc1c(N=Nc2ccc(S(=O)(=O)CCS(=O)(=O)[O-])cc2)cc(S(=O)(=O)[O-])c(N)c1N=Nc1ccc(S(=O)(=O)CCS(=O)(=O)[O-])cc1S(=O)(=O)[O-].[Na+].[Na+].[Na+].[Na+]. The van der Waals surface area contributed by atoms with E-state index in [0.29, 0.717) is 24.3 Å². The van der Waals surface area contributed by atoms with Gasteiger partial charge in [0.15, 0.2) is 19.7 Å². The maximum atomic E-state index is 12.4. The molecule has 0 amide bonds. The van der Waals surface area contributed by atoms with Crippen molar-refractivity contribution in [2.45, 2.75) is 19.6 Å². The van der Waals surface area contributed by atoms with Crippen LogP contribution < -0.4 is 130 Å². The molecule has 0 aliphatic heterocycles. The van der Waals surface area contributed by atoms with Gasteiger partial charge in [-0.05, 0) is 48.5 Å². The summed E-state index contributed by atoms with van der Waals surface area (Å²) >= 11 is 0. The van der Waals surface area contributed by atoms with Gasteiger partial charge in [0.2, 0.25) is 0 Å². The molecule has 0 heterocycles. The van der Waals surface area contributed by atoms with Gasteiger partial charge >= 0.3 is 118 Å². The van der Waals surface area contributed by atoms with Crippen LogP contribution in [0.5, 0.6) is 0 Å². The van der Waals surface area contributed by atoms with Gasteiger partial charge in [0, 0.05) is 0 Å². The van der Waals surface area contributed by atoms with Crippen LogP contribution in [0.2, 0.25) is 0 Å². The van der Waals surface area contributed by atoms with Crippen LogP contribution in [0.3, 0.4) is 0 Å². The Morgan fingerprint density at radius 1 is 0.463 bits per heavy atom. The Hall–Kier alpha value is 0.000000000000000444. The van der Waals surface area contributed by atoms with Gasteiger partial charge in [-0.15, -0.1) is 15.3 Å². The third-order valence-corrected chi connectivity index (χ3v) is 13.2. The van der Waals surface area contributed by atoms with Crippen LogP contribution in [0, 0.1) is 0 Å². The first kappa shape index (κ1) is 56.1. The predicted octanol–water partition coefficient (Wildman–Crippen LogP) is -11.9. The van der Waals surface area contributed by atoms with Crippen LogP contribution in [0.1, 0.15) is 0 Å². The molecule has 274 valence electrons. The standard InChI is InChI=1S/C22H24N6O16S6.4Na/c23-20-17(27-25-13-1-3-14(4-2-13)45(29,30)7-9-47(33,34)35)12-19(50(42,43)44)21(24)22(20)28-26-16-6-5-15(11-18(16)49(39,40)41)46(31,32)8-10-48(36,37)38;;;;/h1-6,11-12H,7-10,23-24H2,(H,33,34,35)(H,36,37,38)(H,39,40,41)(H,42,43,44);;;;/q;4*+1/p-4. The molecule has 0 spiro atoms. The number of rotatable bonds is 14. The zero-order valence-corrected chi connectivity index (χ0v) is 41.3. The van der Waals surface area contributed by atoms with E-state index in [1.807, 2.05) is 0 Å². The molecule has 0 aromatic heterocycles. The summed E-state index contributed by atoms with van der Waals surface area (Å²) < 4.78 is 186. The molecule has 4 N–H and O–H groups in total. The number of anilines is 2. The molecule has 0 aliphatic carbocycles. The molecule has 22 nitrogen and oxygen atoms in total. The number of hydrogen-bond acceptors (Lipinski definition) is 22. The van der Waals surface area contributed by atoms with E-state index in [4.69, 9.17) is 11.5 Å². The number of nitrogen functional groups attached to an aromatic ring is 2. The van der Waals surface area contributed by atoms with Crippen molar-refractivity contribution >= 4 is 94.3 Å². The van der Waals surface area contributed by atoms with Gasteiger partial charge in [-0.2, -0.15) is 5.11 Å². The van der Waals surface area contributed by atoms with Crippen molar-refractivity contribution in [2.24, 2.45) is 20.5 Å². The molecule has 3 rings (SSSR count). The summed E-state index contributed by atoms with van der Waals surface area (Å²) in [5, 5.41) is 14.4. The molecule has 3 aromatic rings. The maximum Gasteiger partial charge on any atom is 1.00 e. The smallest absolute Gasteiger partial charge is 0.748 e. The van der Waals surface area contributed by atoms with Gasteiger partial charge < -0.3 is 29.7 Å². The number of nitrogens with zero attached hydrogens (tertiary/aromatic N) is 4. The zero-order chi connectivity index (χ0) is 38.1. The molecular weight excluding hydrogens is 889 g/mol. The van der Waals surface area contributed by atoms with E-state index in [1.165, 1.54) is 0 Å². The monoisotopic (exact) mass is 908 g/mol. The molecule has 0 bridgehead atoms. The second kappa shape index (κ2) is 21.3. The Morgan fingerprint density at radius 3 is 1.33 bits per heavy atom. The fourth-order valence-corrected chi connectivity index (χ4v) is 9.94. The van der Waals surface area contributed by atoms with E-state index >= 15 is 0 Å². The summed E-state index contributed by atoms with van der Waals surface area (Å²) in [5.41, 5.74) is 7.77. The maximum absolute atomic E-state index is 12.4. The molecule has 0 aliphatic rings. The first-order chi connectivity index (χ1) is 22.6. The number of sulfone groups is 2. The van der Waals surface area contributed by atoms with Crippen LogP contribution >= 0.6 is 0 Å². The largest absolute Gasteiger partial charge is 1.00 e. The van der Waals surface area contributed by atoms with E-state index in [9.17, 15) is 68.7 Å². The molecule has 0 unspecified atom stereocenters. The predicted molar refractivity (Wildman–Crippen MR) is 166 cm³/mol. The van der Waals surface area contributed by atoms with Crippen LogP contribution in [-0.4, -0.2) is 91.7 Å². The minimum absolute atomic E-state index is 0. The van der Waals surface area contributed by atoms with E-state index in [-0.39, 0.29) is 124 Å². The van der Waals surface area contributed by atoms with Crippen molar-refractivity contribution in [3.05, 3.63) is 48.5 Å². The van der Waals surface area contributed by atoms with Crippen molar-refractivity contribution in [3.8, 4) is 0 Å². The normalized spacial score (nSPS) is 12.7. The fraction of sp³-hybridized carbons (Fsp3) is 0.182. The van der Waals surface area contributed by atoms with Crippen LogP contribution in [-0.2, 0) is 60.1 Å². The minimum Gasteiger partial charge on any atom is -0.748 e. The third-order valence-electron chi connectivity index (χ3n) is 6.08. The van der Waals surface area contributed by atoms with Crippen LogP contribution in [0.25, 0.3) is 0 Å². The Kier molecular flexibility index (Phi) is 22.1. The molecule has 0 saturated heterocycles. The summed E-state index contributed by atoms with van der Waals surface area (Å²) in [7, 11) is -29.6. The number of azo groups is 2. The Balaban J connectivity index is 0. The van der Waals surface area contributed by atoms with Gasteiger partial charge in [-0.3, -0.25) is 0 Å². The first-order valence-corrected chi connectivity index (χ1v) is 21.9. The molecule has 54 heavy (non-hydrogen) atoms. The molecule has 32 heteroatoms. The van der Waals surface area contributed by atoms with E-state index in [0.717, 1.165) is 24.3 Å². The summed E-state index contributed by atoms with van der Waals surface area (Å²) in [6.45, 7) is 0. The van der Waals surface area contributed by atoms with Gasteiger partial charge in [0.25, 0.3) is 0 Å². The van der Waals surface area contributed by atoms with Gasteiger partial charge in [-0.25, -0.2) is 50.5 Å². The van der Waals surface area contributed by atoms with E-state index < -0.39 is 131 Å². The van der Waals surface area contributed by atoms with Crippen LogP contribution in [0.15, 0.2) is 88.6 Å². The minimum atomic E-state index is -5.55. The summed E-state index contributed by atoms with van der Waals surface area (Å²) in [6, 6.07) is 6.28. The number of hydrogen-bond donors (Lipinski definition) is 2. The molecule has 3 aromatic carbocycles. The van der Waals surface area contributed by atoms with Crippen molar-refractivity contribution in [1.82, 2.24) is 0 Å². The quantitative estimate of drug-likeness (QED) is 0.0656. The van der Waals surface area contributed by atoms with Crippen LogP contribution in [0.4, 0.5) is 34.1 Å². The van der Waals surface area contributed by atoms with Crippen molar-refractivity contribution in [2.75, 3.05) is 34.5 Å². The average Bonchev–Trinajstić information content (AvgIpc) is 2.97. The third kappa shape index (κ3) is 16.3. The summed E-state index contributed by atoms with van der Waals surface area (Å²) in [4.78, 5) is -3.78. The first-order valence-electron chi connectivity index (χ1n) is 12.6. The molecule has 0 saturated carbocycles. The summed E-state index contributed by atoms with van der Waals surface area (Å²) in [5.74, 6) is -4.84. The summed E-state index contributed by atoms with van der Waals surface area (Å²) in [6.07, 6.45) is 0. The van der Waals surface area contributed by atoms with Crippen molar-refractivity contribution in [1.29, 1.82) is 0 Å². The van der Waals surface area contributed by atoms with Gasteiger partial charge in [-0.1, -0.05) is 0 Å². The molecule has 0 atom stereocenters. The Morgan fingerprint density at radius 2 is 0.889 bits per heavy atom. The number of nitrogens with two attached hydrogens (primary N) is 2. The Bertz CT molecular complexity index is 2590. The Labute approximate surface area is 398 Å². The second-order valence-corrected chi connectivity index (χ2v) is 19.6. The molecular formula is C22H20N6Na4O16S6. The molecule has 0 radical (unpaired) electrons. The fourth-order valence-electron chi connectivity index (χ4n) is 3.63. The zero-order valence-electron chi connectivity index (χ0n) is 28.4. The molecule has 0 fully saturated rings. The van der Waals surface area contributed by atoms with Gasteiger partial charge in [0.05, 0.1) is 79.9 Å². The van der Waals surface area contributed by atoms with Gasteiger partial charge in [0.1, 0.15) is 37.3 Å². The van der Waals surface area contributed by atoms with Crippen molar-refractivity contribution < 1.29 is 187 Å². The number of benzene rings is 3. The average molecular weight is 909 g/mol. The topological polar surface area (TPSA) is 399 Å². The van der Waals surface area contributed by atoms with E-state index in [1.54, 1.807) is 0 Å². The second-order valence-electron chi connectivity index (χ2n) is 9.66.